The second-order valence-electron chi connectivity index (χ2n) is 7.08. The Morgan fingerprint density at radius 3 is 2.38 bits per heavy atom. The van der Waals surface area contributed by atoms with Crippen molar-refractivity contribution >= 4 is 35.1 Å². The van der Waals surface area contributed by atoms with Crippen molar-refractivity contribution in [2.75, 3.05) is 60.8 Å². The van der Waals surface area contributed by atoms with Crippen LogP contribution in [0.1, 0.15) is 18.4 Å². The van der Waals surface area contributed by atoms with Crippen molar-refractivity contribution in [2.45, 2.75) is 12.8 Å². The first-order valence-corrected chi connectivity index (χ1v) is 11.4. The third-order valence-electron chi connectivity index (χ3n) is 5.09. The van der Waals surface area contributed by atoms with Gasteiger partial charge in [0.05, 0.1) is 74.5 Å². The molecule has 1 aromatic carbocycles. The van der Waals surface area contributed by atoms with Gasteiger partial charge in [0.1, 0.15) is 5.57 Å². The predicted molar refractivity (Wildman–Crippen MR) is 127 cm³/mol. The van der Waals surface area contributed by atoms with Crippen LogP contribution in [0.15, 0.2) is 40.9 Å². The van der Waals surface area contributed by atoms with Crippen LogP contribution in [0.25, 0.3) is 0 Å². The zero-order chi connectivity index (χ0) is 25.3. The molecule has 11 heteroatoms. The van der Waals surface area contributed by atoms with Gasteiger partial charge in [0.25, 0.3) is 0 Å². The molecule has 188 valence electrons. The number of esters is 2. The van der Waals surface area contributed by atoms with Gasteiger partial charge in [-0.3, -0.25) is 0 Å². The summed E-state index contributed by atoms with van der Waals surface area (Å²) in [5.41, 5.74) is 6.52. The Kier molecular flexibility index (Phi) is 11.1. The molecule has 0 amide bonds. The molecule has 0 fully saturated rings. The standard InChI is InChI=1S/C23H30Cl2N2O7/c1-5-34-23(29)18-16(13-33-12-11-32-10-9-26)27(2)21(30-3)19(22(28)31-4)17(18)14-7-6-8-15(24)20(14)25/h6-8,17H,5,9-13,26H2,1-4H3/t17-/m1/s1. The summed E-state index contributed by atoms with van der Waals surface area (Å²) in [4.78, 5) is 27.8. The lowest BCUT2D eigenvalue weighted by atomic mass is 9.81. The molecule has 1 aliphatic heterocycles. The highest BCUT2D eigenvalue weighted by atomic mass is 35.5. The van der Waals surface area contributed by atoms with E-state index < -0.39 is 17.9 Å². The molecule has 2 rings (SSSR count). The molecule has 34 heavy (non-hydrogen) atoms. The summed E-state index contributed by atoms with van der Waals surface area (Å²) >= 11 is 12.8. The average molecular weight is 517 g/mol. The number of carbonyl (C=O) groups is 2. The Bertz CT molecular complexity index is 949. The quantitative estimate of drug-likeness (QED) is 0.331. The number of nitrogens with two attached hydrogens (primary N) is 1. The molecule has 0 spiro atoms. The second-order valence-corrected chi connectivity index (χ2v) is 7.87. The first kappa shape index (κ1) is 27.9. The zero-order valence-corrected chi connectivity index (χ0v) is 21.2. The number of methoxy groups -OCH3 is 2. The summed E-state index contributed by atoms with van der Waals surface area (Å²) in [6, 6.07) is 4.97. The van der Waals surface area contributed by atoms with Crippen LogP contribution in [-0.4, -0.2) is 77.7 Å². The number of ether oxygens (including phenoxy) is 5. The van der Waals surface area contributed by atoms with E-state index in [0.717, 1.165) is 0 Å². The van der Waals surface area contributed by atoms with Crippen molar-refractivity contribution in [3.05, 3.63) is 56.5 Å². The summed E-state index contributed by atoms with van der Waals surface area (Å²) in [7, 11) is 4.31. The van der Waals surface area contributed by atoms with Gasteiger partial charge in [-0.05, 0) is 18.6 Å². The molecular formula is C23H30Cl2N2O7. The van der Waals surface area contributed by atoms with Crippen molar-refractivity contribution in [3.63, 3.8) is 0 Å². The highest BCUT2D eigenvalue weighted by Gasteiger charge is 2.43. The van der Waals surface area contributed by atoms with Crippen LogP contribution in [0.4, 0.5) is 0 Å². The van der Waals surface area contributed by atoms with Crippen LogP contribution in [0.3, 0.4) is 0 Å². The Morgan fingerprint density at radius 1 is 1.06 bits per heavy atom. The van der Waals surface area contributed by atoms with Crippen LogP contribution in [0.2, 0.25) is 10.0 Å². The summed E-state index contributed by atoms with van der Waals surface area (Å²) in [6.45, 7) is 3.22. The number of nitrogens with zero attached hydrogens (tertiary/aromatic N) is 1. The van der Waals surface area contributed by atoms with E-state index in [-0.39, 0.29) is 46.9 Å². The van der Waals surface area contributed by atoms with E-state index in [1.165, 1.54) is 14.2 Å². The maximum atomic E-state index is 13.3. The normalized spacial score (nSPS) is 16.1. The van der Waals surface area contributed by atoms with Crippen LogP contribution in [0.5, 0.6) is 0 Å². The molecule has 0 aliphatic carbocycles. The Morgan fingerprint density at radius 2 is 1.76 bits per heavy atom. The van der Waals surface area contributed by atoms with Crippen molar-refractivity contribution in [1.82, 2.24) is 4.90 Å². The van der Waals surface area contributed by atoms with Gasteiger partial charge in [-0.1, -0.05) is 35.3 Å². The fraction of sp³-hybridized carbons (Fsp3) is 0.478. The SMILES string of the molecule is CCOC(=O)C1=C(COCCOCCN)N(C)C(OC)=C(C(=O)OC)[C@@H]1c1cccc(Cl)c1Cl. The number of rotatable bonds is 12. The van der Waals surface area contributed by atoms with E-state index in [9.17, 15) is 9.59 Å². The van der Waals surface area contributed by atoms with E-state index in [1.54, 1.807) is 37.1 Å². The molecule has 2 N–H and O–H groups in total. The summed E-state index contributed by atoms with van der Waals surface area (Å²) in [5, 5.41) is 0.451. The molecule has 1 atom stereocenters. The summed E-state index contributed by atoms with van der Waals surface area (Å²) in [6.07, 6.45) is 0. The molecule has 0 saturated heterocycles. The number of hydrogen-bond acceptors (Lipinski definition) is 9. The summed E-state index contributed by atoms with van der Waals surface area (Å²) < 4.78 is 27.1. The van der Waals surface area contributed by atoms with E-state index in [4.69, 9.17) is 52.6 Å². The molecule has 0 aromatic heterocycles. The minimum Gasteiger partial charge on any atom is -0.482 e. The van der Waals surface area contributed by atoms with Gasteiger partial charge in [0.2, 0.25) is 5.88 Å². The fourth-order valence-corrected chi connectivity index (χ4v) is 4.04. The van der Waals surface area contributed by atoms with Crippen molar-refractivity contribution in [2.24, 2.45) is 5.73 Å². The number of halogens is 2. The Hall–Kier alpha value is -2.30. The molecular weight excluding hydrogens is 487 g/mol. The maximum Gasteiger partial charge on any atom is 0.340 e. The number of benzene rings is 1. The van der Waals surface area contributed by atoms with E-state index in [2.05, 4.69) is 0 Å². The number of carbonyl (C=O) groups excluding carboxylic acids is 2. The highest BCUT2D eigenvalue weighted by molar-refractivity contribution is 6.42. The zero-order valence-electron chi connectivity index (χ0n) is 19.7. The molecule has 9 nitrogen and oxygen atoms in total. The number of likely N-dealkylation sites (N-methyl/N-ethyl adjacent to an activating group) is 1. The molecule has 1 aliphatic rings. The lowest BCUT2D eigenvalue weighted by Gasteiger charge is -2.36. The van der Waals surface area contributed by atoms with Crippen molar-refractivity contribution < 1.29 is 33.3 Å². The van der Waals surface area contributed by atoms with Gasteiger partial charge in [-0.25, -0.2) is 9.59 Å². The Labute approximate surface area is 209 Å². The third kappa shape index (κ3) is 6.22. The predicted octanol–water partition coefficient (Wildman–Crippen LogP) is 2.86. The summed E-state index contributed by atoms with van der Waals surface area (Å²) in [5.74, 6) is -2.12. The second kappa shape index (κ2) is 13.6. The van der Waals surface area contributed by atoms with E-state index in [0.29, 0.717) is 31.0 Å². The first-order valence-electron chi connectivity index (χ1n) is 10.6. The smallest absolute Gasteiger partial charge is 0.340 e. The molecule has 0 bridgehead atoms. The minimum atomic E-state index is -0.976. The Balaban J connectivity index is 2.68. The van der Waals surface area contributed by atoms with Gasteiger partial charge < -0.3 is 34.3 Å². The van der Waals surface area contributed by atoms with Crippen LogP contribution in [0, 0.1) is 0 Å². The fourth-order valence-electron chi connectivity index (χ4n) is 3.63. The van der Waals surface area contributed by atoms with Crippen LogP contribution >= 0.6 is 23.2 Å². The monoisotopic (exact) mass is 516 g/mol. The minimum absolute atomic E-state index is 0.00658. The highest BCUT2D eigenvalue weighted by Crippen LogP contribution is 2.46. The molecule has 0 radical (unpaired) electrons. The lowest BCUT2D eigenvalue weighted by molar-refractivity contribution is -0.139. The van der Waals surface area contributed by atoms with Crippen LogP contribution in [-0.2, 0) is 33.3 Å². The molecule has 0 saturated carbocycles. The van der Waals surface area contributed by atoms with E-state index >= 15 is 0 Å². The molecule has 1 aromatic rings. The topological polar surface area (TPSA) is 110 Å². The average Bonchev–Trinajstić information content (AvgIpc) is 2.82. The number of hydrogen-bond donors (Lipinski definition) is 1. The third-order valence-corrected chi connectivity index (χ3v) is 5.92. The van der Waals surface area contributed by atoms with Gasteiger partial charge in [-0.15, -0.1) is 0 Å². The van der Waals surface area contributed by atoms with Crippen LogP contribution < -0.4 is 5.73 Å². The van der Waals surface area contributed by atoms with Crippen molar-refractivity contribution in [1.29, 1.82) is 0 Å². The van der Waals surface area contributed by atoms with Gasteiger partial charge >= 0.3 is 11.9 Å². The van der Waals surface area contributed by atoms with Crippen molar-refractivity contribution in [3.8, 4) is 0 Å². The van der Waals surface area contributed by atoms with Gasteiger partial charge in [0.15, 0.2) is 0 Å². The molecule has 1 heterocycles. The first-order chi connectivity index (χ1) is 16.3. The van der Waals surface area contributed by atoms with E-state index in [1.807, 2.05) is 0 Å². The largest absolute Gasteiger partial charge is 0.482 e. The van der Waals surface area contributed by atoms with Gasteiger partial charge in [-0.2, -0.15) is 0 Å². The van der Waals surface area contributed by atoms with Gasteiger partial charge in [0, 0.05) is 13.6 Å². The molecule has 0 unspecified atom stereocenters. The lowest BCUT2D eigenvalue weighted by Crippen LogP contribution is -2.37. The maximum absolute atomic E-state index is 13.3.